The van der Waals surface area contributed by atoms with Crippen LogP contribution in [0.1, 0.15) is 63.3 Å². The quantitative estimate of drug-likeness (QED) is 0.398. The molecule has 42 heavy (non-hydrogen) atoms. The van der Waals surface area contributed by atoms with Gasteiger partial charge in [-0.1, -0.05) is 18.2 Å². The van der Waals surface area contributed by atoms with E-state index >= 15 is 0 Å². The van der Waals surface area contributed by atoms with Crippen molar-refractivity contribution in [3.63, 3.8) is 0 Å². The Morgan fingerprint density at radius 1 is 1.21 bits per heavy atom. The van der Waals surface area contributed by atoms with Crippen LogP contribution < -0.4 is 4.90 Å². The fourth-order valence-corrected chi connectivity index (χ4v) is 8.39. The van der Waals surface area contributed by atoms with Crippen molar-refractivity contribution in [3.05, 3.63) is 41.2 Å². The van der Waals surface area contributed by atoms with Gasteiger partial charge >= 0.3 is 0 Å². The van der Waals surface area contributed by atoms with E-state index in [1.165, 1.54) is 12.5 Å². The molecule has 2 aliphatic carbocycles. The Labute approximate surface area is 252 Å². The highest BCUT2D eigenvalue weighted by molar-refractivity contribution is 6.36. The topological polar surface area (TPSA) is 93.5 Å². The predicted octanol–water partition coefficient (Wildman–Crippen LogP) is 4.86. The maximum absolute atomic E-state index is 12.1. The molecule has 2 saturated heterocycles. The van der Waals surface area contributed by atoms with Crippen LogP contribution >= 0.6 is 11.6 Å². The maximum Gasteiger partial charge on any atom is 0.245 e. The fourth-order valence-electron chi connectivity index (χ4n) is 8.14. The molecule has 2 spiro atoms. The number of H-pyrrole nitrogens is 1. The Hall–Kier alpha value is -2.88. The van der Waals surface area contributed by atoms with E-state index in [-0.39, 0.29) is 35.0 Å². The van der Waals surface area contributed by atoms with Gasteiger partial charge in [0.1, 0.15) is 0 Å². The van der Waals surface area contributed by atoms with E-state index in [9.17, 15) is 9.90 Å². The molecule has 0 radical (unpaired) electrons. The number of aliphatic hydroxyl groups is 1. The Bertz CT molecular complexity index is 1570. The summed E-state index contributed by atoms with van der Waals surface area (Å²) in [5.74, 6) is 1.04. The normalized spacial score (nSPS) is 22.0. The molecule has 2 saturated carbocycles. The molecular weight excluding hydrogens is 550 g/mol. The van der Waals surface area contributed by atoms with Gasteiger partial charge in [-0.25, -0.2) is 0 Å². The predicted molar refractivity (Wildman–Crippen MR) is 166 cm³/mol. The second kappa shape index (κ2) is 9.56. The number of anilines is 1. The SMILES string of the molecule is C=CC(=O)N1CC2(CC(n3nc(N4CCN(C(C)(C)CO)CC45CCC5)c(-c4c(Cl)c(C)cc5[nH]ncc45)c3C)C2)C1. The number of amides is 1. The first-order chi connectivity index (χ1) is 20.0. The van der Waals surface area contributed by atoms with Crippen molar-refractivity contribution < 1.29 is 9.90 Å². The molecule has 7 rings (SSSR count). The number of hydrogen-bond donors (Lipinski definition) is 2. The molecule has 4 fully saturated rings. The first kappa shape index (κ1) is 27.9. The van der Waals surface area contributed by atoms with Gasteiger partial charge in [0.05, 0.1) is 34.9 Å². The van der Waals surface area contributed by atoms with E-state index in [1.807, 2.05) is 11.1 Å². The fraction of sp³-hybridized carbons (Fsp3) is 0.594. The molecule has 4 heterocycles. The lowest BCUT2D eigenvalue weighted by molar-refractivity contribution is -0.149. The average molecular weight is 592 g/mol. The Morgan fingerprint density at radius 3 is 2.60 bits per heavy atom. The summed E-state index contributed by atoms with van der Waals surface area (Å²) in [5.41, 5.74) is 5.14. The zero-order chi connectivity index (χ0) is 29.6. The summed E-state index contributed by atoms with van der Waals surface area (Å²) in [6.45, 7) is 16.5. The molecule has 1 aromatic carbocycles. The van der Waals surface area contributed by atoms with Gasteiger partial charge in [-0.15, -0.1) is 0 Å². The summed E-state index contributed by atoms with van der Waals surface area (Å²) in [4.78, 5) is 19.0. The monoisotopic (exact) mass is 591 g/mol. The number of fused-ring (bicyclic) bond motifs is 1. The van der Waals surface area contributed by atoms with Gasteiger partial charge in [0.25, 0.3) is 0 Å². The van der Waals surface area contributed by atoms with Crippen LogP contribution in [0.4, 0.5) is 5.82 Å². The van der Waals surface area contributed by atoms with E-state index in [2.05, 4.69) is 65.0 Å². The molecule has 224 valence electrons. The van der Waals surface area contributed by atoms with E-state index in [1.54, 1.807) is 0 Å². The number of aromatic amines is 1. The molecule has 0 unspecified atom stereocenters. The van der Waals surface area contributed by atoms with Crippen molar-refractivity contribution in [1.29, 1.82) is 0 Å². The minimum absolute atomic E-state index is 0.0166. The first-order valence-corrected chi connectivity index (χ1v) is 15.7. The number of piperazine rings is 1. The highest BCUT2D eigenvalue weighted by Gasteiger charge is 2.55. The number of nitrogens with one attached hydrogen (secondary N) is 1. The summed E-state index contributed by atoms with van der Waals surface area (Å²) in [7, 11) is 0. The maximum atomic E-state index is 12.1. The van der Waals surface area contributed by atoms with Crippen LogP contribution in [0.3, 0.4) is 0 Å². The molecular formula is C32H42ClN7O2. The zero-order valence-corrected chi connectivity index (χ0v) is 26.0. The molecule has 4 aliphatic rings. The summed E-state index contributed by atoms with van der Waals surface area (Å²) in [5, 5.41) is 24.9. The Balaban J connectivity index is 1.31. The smallest absolute Gasteiger partial charge is 0.245 e. The Kier molecular flexibility index (Phi) is 6.36. The summed E-state index contributed by atoms with van der Waals surface area (Å²) < 4.78 is 2.26. The summed E-state index contributed by atoms with van der Waals surface area (Å²) >= 11 is 7.16. The van der Waals surface area contributed by atoms with Crippen LogP contribution in [0.2, 0.25) is 5.02 Å². The number of aryl methyl sites for hydroxylation is 1. The van der Waals surface area contributed by atoms with Crippen molar-refractivity contribution in [1.82, 2.24) is 29.8 Å². The third-order valence-corrected chi connectivity index (χ3v) is 11.4. The van der Waals surface area contributed by atoms with Crippen LogP contribution in [-0.4, -0.2) is 91.2 Å². The number of benzene rings is 1. The van der Waals surface area contributed by atoms with E-state index in [4.69, 9.17) is 16.7 Å². The zero-order valence-electron chi connectivity index (χ0n) is 25.2. The molecule has 3 aromatic rings. The van der Waals surface area contributed by atoms with E-state index in [0.717, 1.165) is 103 Å². The van der Waals surface area contributed by atoms with E-state index in [0.29, 0.717) is 0 Å². The van der Waals surface area contributed by atoms with Gasteiger partial charge in [-0.3, -0.25) is 19.5 Å². The molecule has 0 atom stereocenters. The lowest BCUT2D eigenvalue weighted by atomic mass is 9.60. The standard InChI is InChI=1S/C32H42ClN7O2/c1-6-25(42)37-16-31(17-37)13-22(14-31)40-21(3)26(27-23-15-34-35-24(23)12-20(2)28(27)33)29(36-40)39-11-10-38(30(4,5)19-41)18-32(39)8-7-9-32/h6,12,15,22,41H,1,7-11,13-14,16-19H2,2-5H3,(H,34,35). The van der Waals surface area contributed by atoms with E-state index < -0.39 is 0 Å². The lowest BCUT2D eigenvalue weighted by Gasteiger charge is -2.59. The van der Waals surface area contributed by atoms with Crippen LogP contribution in [0.25, 0.3) is 22.0 Å². The highest BCUT2D eigenvalue weighted by Crippen LogP contribution is 2.56. The number of carbonyl (C=O) groups is 1. The van der Waals surface area contributed by atoms with Gasteiger partial charge in [0.2, 0.25) is 5.91 Å². The number of rotatable bonds is 6. The van der Waals surface area contributed by atoms with Crippen molar-refractivity contribution >= 4 is 34.2 Å². The van der Waals surface area contributed by atoms with Crippen LogP contribution in [0.15, 0.2) is 24.9 Å². The number of nitrogens with zero attached hydrogens (tertiary/aromatic N) is 6. The molecule has 2 aromatic heterocycles. The second-order valence-corrected chi connectivity index (χ2v) is 14.4. The third-order valence-electron chi connectivity index (χ3n) is 10.9. The molecule has 9 nitrogen and oxygen atoms in total. The number of hydrogen-bond acceptors (Lipinski definition) is 6. The number of likely N-dealkylation sites (tertiary alicyclic amines) is 1. The minimum atomic E-state index is -0.264. The van der Waals surface area contributed by atoms with Crippen LogP contribution in [0.5, 0.6) is 0 Å². The number of halogens is 1. The van der Waals surface area contributed by atoms with Gasteiger partial charge in [0, 0.05) is 65.9 Å². The first-order valence-electron chi connectivity index (χ1n) is 15.3. The summed E-state index contributed by atoms with van der Waals surface area (Å²) in [6, 6.07) is 2.35. The molecule has 2 aliphatic heterocycles. The van der Waals surface area contributed by atoms with Crippen molar-refractivity contribution in [2.24, 2.45) is 5.41 Å². The molecule has 10 heteroatoms. The average Bonchev–Trinajstić information content (AvgIpc) is 3.50. The minimum Gasteiger partial charge on any atom is -0.394 e. The second-order valence-electron chi connectivity index (χ2n) is 14.0. The van der Waals surface area contributed by atoms with Gasteiger partial charge < -0.3 is 14.9 Å². The third kappa shape index (κ3) is 3.99. The van der Waals surface area contributed by atoms with Gasteiger partial charge in [0.15, 0.2) is 5.82 Å². The number of aromatic nitrogens is 4. The van der Waals surface area contributed by atoms with Crippen molar-refractivity contribution in [3.8, 4) is 11.1 Å². The van der Waals surface area contributed by atoms with Crippen LogP contribution in [0, 0.1) is 19.3 Å². The summed E-state index contributed by atoms with van der Waals surface area (Å²) in [6.07, 6.45) is 8.75. The Morgan fingerprint density at radius 2 is 1.95 bits per heavy atom. The van der Waals surface area contributed by atoms with Gasteiger partial charge in [-0.05, 0) is 77.5 Å². The van der Waals surface area contributed by atoms with Gasteiger partial charge in [-0.2, -0.15) is 10.2 Å². The highest BCUT2D eigenvalue weighted by atomic mass is 35.5. The number of aliphatic hydroxyl groups excluding tert-OH is 1. The molecule has 0 bridgehead atoms. The largest absolute Gasteiger partial charge is 0.394 e. The number of carbonyl (C=O) groups excluding carboxylic acids is 1. The van der Waals surface area contributed by atoms with Crippen molar-refractivity contribution in [2.45, 2.75) is 76.9 Å². The lowest BCUT2D eigenvalue weighted by Crippen LogP contribution is -2.69. The molecule has 1 amide bonds. The molecule has 2 N–H and O–H groups in total. The van der Waals surface area contributed by atoms with Crippen LogP contribution in [-0.2, 0) is 4.79 Å². The van der Waals surface area contributed by atoms with Crippen molar-refractivity contribution in [2.75, 3.05) is 44.2 Å².